The summed E-state index contributed by atoms with van der Waals surface area (Å²) in [6.07, 6.45) is 8.07. The first-order valence-corrected chi connectivity index (χ1v) is 11.3. The summed E-state index contributed by atoms with van der Waals surface area (Å²) < 4.78 is 13.9. The van der Waals surface area contributed by atoms with Crippen LogP contribution >= 0.6 is 0 Å². The van der Waals surface area contributed by atoms with E-state index in [0.29, 0.717) is 24.6 Å². The van der Waals surface area contributed by atoms with Crippen molar-refractivity contribution in [1.82, 2.24) is 4.57 Å². The Balaban J connectivity index is 2.46. The molecule has 0 atom stereocenters. The molecule has 0 unspecified atom stereocenters. The fraction of sp³-hybridized carbons (Fsp3) is 0.500. The summed E-state index contributed by atoms with van der Waals surface area (Å²) in [7, 11) is 0. The van der Waals surface area contributed by atoms with Gasteiger partial charge in [0.2, 0.25) is 5.75 Å². The minimum absolute atomic E-state index is 0.137. The first-order chi connectivity index (χ1) is 14.7. The van der Waals surface area contributed by atoms with Crippen LogP contribution in [0.2, 0.25) is 0 Å². The van der Waals surface area contributed by atoms with Crippen LogP contribution in [0.15, 0.2) is 46.3 Å². The number of fused-ring (bicyclic) bond motifs is 1. The maximum absolute atomic E-state index is 13.4. The van der Waals surface area contributed by atoms with E-state index >= 15 is 0 Å². The van der Waals surface area contributed by atoms with Gasteiger partial charge >= 0.3 is 0 Å². The van der Waals surface area contributed by atoms with Crippen molar-refractivity contribution in [3.05, 3.63) is 51.9 Å². The van der Waals surface area contributed by atoms with E-state index in [4.69, 9.17) is 15.2 Å². The lowest BCUT2D eigenvalue weighted by molar-refractivity contribution is 0.222. The molecule has 0 radical (unpaired) electrons. The molecule has 1 heterocycles. The van der Waals surface area contributed by atoms with Crippen LogP contribution in [0.4, 0.5) is 5.69 Å². The van der Waals surface area contributed by atoms with Crippen molar-refractivity contribution < 1.29 is 9.47 Å². The smallest absolute Gasteiger partial charge is 0.297 e. The molecule has 5 heteroatoms. The molecular formula is C26H38N2O3. The molecular weight excluding hydrogens is 388 g/mol. The molecule has 0 aliphatic carbocycles. The van der Waals surface area contributed by atoms with E-state index in [9.17, 15) is 4.79 Å². The number of unbranched alkanes of at least 4 members (excludes halogenated alkanes) is 1. The number of nitrogens with zero attached hydrogens (tertiary/aromatic N) is 1. The van der Waals surface area contributed by atoms with E-state index in [0.717, 1.165) is 36.6 Å². The number of aromatic nitrogens is 1. The van der Waals surface area contributed by atoms with Gasteiger partial charge in [-0.2, -0.15) is 0 Å². The molecule has 2 aromatic rings. The van der Waals surface area contributed by atoms with Gasteiger partial charge in [-0.25, -0.2) is 0 Å². The second-order valence-electron chi connectivity index (χ2n) is 8.59. The number of nitrogen functional groups attached to an aromatic ring is 1. The number of nitrogens with two attached hydrogens (primary N) is 1. The van der Waals surface area contributed by atoms with Gasteiger partial charge in [0, 0.05) is 17.6 Å². The van der Waals surface area contributed by atoms with E-state index in [-0.39, 0.29) is 17.4 Å². The minimum atomic E-state index is -0.167. The van der Waals surface area contributed by atoms with Crippen LogP contribution in [0.5, 0.6) is 11.5 Å². The van der Waals surface area contributed by atoms with Gasteiger partial charge in [0.05, 0.1) is 11.6 Å². The number of anilines is 1. The van der Waals surface area contributed by atoms with E-state index in [1.165, 1.54) is 11.1 Å². The maximum atomic E-state index is 13.4. The zero-order chi connectivity index (χ0) is 23.0. The van der Waals surface area contributed by atoms with Gasteiger partial charge < -0.3 is 19.8 Å². The molecule has 5 nitrogen and oxygen atoms in total. The fourth-order valence-corrected chi connectivity index (χ4v) is 3.39. The van der Waals surface area contributed by atoms with Gasteiger partial charge in [0.1, 0.15) is 6.61 Å². The zero-order valence-corrected chi connectivity index (χ0v) is 20.0. The summed E-state index contributed by atoms with van der Waals surface area (Å²) in [6.45, 7) is 13.3. The van der Waals surface area contributed by atoms with Crippen LogP contribution in [0, 0.1) is 0 Å². The fourth-order valence-electron chi connectivity index (χ4n) is 3.39. The summed E-state index contributed by atoms with van der Waals surface area (Å²) in [6, 6.07) is 5.60. The number of allylic oxidation sites excluding steroid dienone is 3. The number of benzene rings is 1. The number of hydrogen-bond acceptors (Lipinski definition) is 4. The van der Waals surface area contributed by atoms with Crippen molar-refractivity contribution in [3.8, 4) is 11.5 Å². The number of hydrogen-bond donors (Lipinski definition) is 1. The third-order valence-corrected chi connectivity index (χ3v) is 5.04. The summed E-state index contributed by atoms with van der Waals surface area (Å²) in [5.74, 6) is 0.772. The highest BCUT2D eigenvalue weighted by molar-refractivity contribution is 5.90. The van der Waals surface area contributed by atoms with Gasteiger partial charge in [-0.05, 0) is 78.2 Å². The molecule has 0 saturated carbocycles. The number of aryl methyl sites for hydroxylation is 1. The molecule has 1 aromatic carbocycles. The third-order valence-electron chi connectivity index (χ3n) is 5.04. The van der Waals surface area contributed by atoms with E-state index < -0.39 is 0 Å². The lowest BCUT2D eigenvalue weighted by Gasteiger charge is -2.20. The molecule has 1 aromatic heterocycles. The molecule has 0 fully saturated rings. The topological polar surface area (TPSA) is 66.5 Å². The predicted octanol–water partition coefficient (Wildman–Crippen LogP) is 6.24. The first kappa shape index (κ1) is 24.6. The molecule has 2 N–H and O–H groups in total. The lowest BCUT2D eigenvalue weighted by Crippen LogP contribution is -2.25. The Morgan fingerprint density at radius 3 is 2.55 bits per heavy atom. The molecule has 0 amide bonds. The van der Waals surface area contributed by atoms with Gasteiger partial charge in [-0.15, -0.1) is 0 Å². The first-order valence-electron chi connectivity index (χ1n) is 11.3. The normalized spacial score (nSPS) is 11.8. The van der Waals surface area contributed by atoms with Crippen molar-refractivity contribution in [1.29, 1.82) is 0 Å². The van der Waals surface area contributed by atoms with Crippen molar-refractivity contribution in [3.63, 3.8) is 0 Å². The zero-order valence-electron chi connectivity index (χ0n) is 20.0. The van der Waals surface area contributed by atoms with E-state index in [1.54, 1.807) is 4.57 Å². The highest BCUT2D eigenvalue weighted by atomic mass is 16.5. The molecule has 31 heavy (non-hydrogen) atoms. The van der Waals surface area contributed by atoms with Gasteiger partial charge in [-0.3, -0.25) is 4.79 Å². The number of ether oxygens (including phenoxy) is 2. The molecule has 2 rings (SSSR count). The molecule has 0 spiro atoms. The Labute approximate surface area is 186 Å². The average Bonchev–Trinajstić information content (AvgIpc) is 2.69. The quantitative estimate of drug-likeness (QED) is 0.341. The van der Waals surface area contributed by atoms with E-state index in [1.807, 2.05) is 32.0 Å². The third kappa shape index (κ3) is 6.91. The van der Waals surface area contributed by atoms with Gasteiger partial charge in [-0.1, -0.05) is 30.6 Å². The van der Waals surface area contributed by atoms with Crippen molar-refractivity contribution in [2.24, 2.45) is 0 Å². The van der Waals surface area contributed by atoms with Crippen molar-refractivity contribution >= 4 is 16.6 Å². The number of pyridine rings is 1. The summed E-state index contributed by atoms with van der Waals surface area (Å²) in [5.41, 5.74) is 9.87. The molecule has 170 valence electrons. The highest BCUT2D eigenvalue weighted by Gasteiger charge is 2.20. The van der Waals surface area contributed by atoms with Crippen molar-refractivity contribution in [2.45, 2.75) is 79.9 Å². The van der Waals surface area contributed by atoms with E-state index in [2.05, 4.69) is 39.8 Å². The van der Waals surface area contributed by atoms with Crippen molar-refractivity contribution in [2.75, 3.05) is 12.3 Å². The standard InChI is InChI=1S/C26H38N2O3/c1-7-8-15-28-23-17-21(27)12-13-22(23)24(25(26(28)29)31-19(4)5)30-16-14-20(6)11-9-10-18(2)3/h10,12-14,17,19H,7-9,11,15-16,27H2,1-6H3. The Hall–Kier alpha value is -2.69. The summed E-state index contributed by atoms with van der Waals surface area (Å²) in [5, 5.41) is 0.844. The SMILES string of the molecule is CCCCn1c(=O)c(OC(C)C)c(OCC=C(C)CCC=C(C)C)c2ccc(N)cc21. The second-order valence-corrected chi connectivity index (χ2v) is 8.59. The molecule has 0 saturated heterocycles. The summed E-state index contributed by atoms with van der Waals surface area (Å²) >= 11 is 0. The van der Waals surface area contributed by atoms with Crippen LogP contribution < -0.4 is 20.8 Å². The highest BCUT2D eigenvalue weighted by Crippen LogP contribution is 2.34. The lowest BCUT2D eigenvalue weighted by atomic mass is 10.1. The van der Waals surface area contributed by atoms with Crippen LogP contribution in [-0.2, 0) is 6.54 Å². The average molecular weight is 427 g/mol. The molecule has 0 aliphatic rings. The van der Waals surface area contributed by atoms with Gasteiger partial charge in [0.25, 0.3) is 5.56 Å². The Kier molecular flexibility index (Phi) is 9.22. The van der Waals surface area contributed by atoms with Crippen LogP contribution in [0.3, 0.4) is 0 Å². The van der Waals surface area contributed by atoms with Crippen LogP contribution in [0.1, 0.15) is 67.2 Å². The Morgan fingerprint density at radius 1 is 1.16 bits per heavy atom. The summed E-state index contributed by atoms with van der Waals surface area (Å²) in [4.78, 5) is 13.4. The second kappa shape index (κ2) is 11.6. The Morgan fingerprint density at radius 2 is 1.90 bits per heavy atom. The van der Waals surface area contributed by atoms with Crippen LogP contribution in [-0.4, -0.2) is 17.3 Å². The minimum Gasteiger partial charge on any atom is -0.485 e. The molecule has 0 aliphatic heterocycles. The van der Waals surface area contributed by atoms with Crippen LogP contribution in [0.25, 0.3) is 10.9 Å². The van der Waals surface area contributed by atoms with Gasteiger partial charge in [0.15, 0.2) is 5.75 Å². The largest absolute Gasteiger partial charge is 0.485 e. The maximum Gasteiger partial charge on any atom is 0.297 e. The monoisotopic (exact) mass is 426 g/mol. The number of rotatable bonds is 11. The molecule has 0 bridgehead atoms. The Bertz CT molecular complexity index is 996. The predicted molar refractivity (Wildman–Crippen MR) is 131 cm³/mol.